The first-order chi connectivity index (χ1) is 11.6. The Morgan fingerprint density at radius 2 is 1.96 bits per heavy atom. The third-order valence-electron chi connectivity index (χ3n) is 3.62. The van der Waals surface area contributed by atoms with Crippen LogP contribution in [-0.4, -0.2) is 26.1 Å². The fourth-order valence-electron chi connectivity index (χ4n) is 2.42. The van der Waals surface area contributed by atoms with E-state index in [1.165, 1.54) is 23.0 Å². The van der Waals surface area contributed by atoms with Crippen molar-refractivity contribution in [2.24, 2.45) is 5.10 Å². The van der Waals surface area contributed by atoms with E-state index >= 15 is 0 Å². The van der Waals surface area contributed by atoms with Crippen LogP contribution in [0.2, 0.25) is 0 Å². The lowest BCUT2D eigenvalue weighted by Crippen LogP contribution is -2.22. The number of aryl methyl sites for hydroxylation is 1. The van der Waals surface area contributed by atoms with Gasteiger partial charge in [-0.1, -0.05) is 19.1 Å². The van der Waals surface area contributed by atoms with Crippen LogP contribution in [0.15, 0.2) is 52.4 Å². The summed E-state index contributed by atoms with van der Waals surface area (Å²) in [6.07, 6.45) is 2.91. The lowest BCUT2D eigenvalue weighted by molar-refractivity contribution is 0.403. The van der Waals surface area contributed by atoms with Gasteiger partial charge in [-0.25, -0.2) is 4.98 Å². The van der Waals surface area contributed by atoms with Gasteiger partial charge in [0.1, 0.15) is 5.82 Å². The summed E-state index contributed by atoms with van der Waals surface area (Å²) in [6, 6.07) is 11.5. The van der Waals surface area contributed by atoms with Gasteiger partial charge in [0.05, 0.1) is 17.1 Å². The molecule has 6 heteroatoms. The molecule has 24 heavy (non-hydrogen) atoms. The number of aromatic hydroxyl groups is 2. The Hall–Kier alpha value is -3.15. The second-order valence-corrected chi connectivity index (χ2v) is 5.40. The first-order valence-electron chi connectivity index (χ1n) is 7.67. The molecule has 2 N–H and O–H groups in total. The zero-order valence-corrected chi connectivity index (χ0v) is 13.2. The predicted octanol–water partition coefficient (Wildman–Crippen LogP) is 2.64. The molecule has 0 aliphatic rings. The van der Waals surface area contributed by atoms with Gasteiger partial charge in [0.2, 0.25) is 0 Å². The van der Waals surface area contributed by atoms with E-state index in [2.05, 4.69) is 10.1 Å². The summed E-state index contributed by atoms with van der Waals surface area (Å²) in [4.78, 5) is 17.2. The molecule has 0 fully saturated rings. The number of nitrogens with zero attached hydrogens (tertiary/aromatic N) is 3. The minimum atomic E-state index is -0.239. The fourth-order valence-corrected chi connectivity index (χ4v) is 2.42. The molecule has 3 aromatic rings. The molecule has 0 bridgehead atoms. The highest BCUT2D eigenvalue weighted by Gasteiger charge is 2.09. The number of fused-ring (bicyclic) bond motifs is 1. The van der Waals surface area contributed by atoms with Crippen LogP contribution in [0.3, 0.4) is 0 Å². The van der Waals surface area contributed by atoms with Crippen LogP contribution >= 0.6 is 0 Å². The first-order valence-corrected chi connectivity index (χ1v) is 7.67. The van der Waals surface area contributed by atoms with Gasteiger partial charge in [-0.15, -0.1) is 0 Å². The van der Waals surface area contributed by atoms with E-state index in [-0.39, 0.29) is 17.1 Å². The van der Waals surface area contributed by atoms with Crippen molar-refractivity contribution in [2.45, 2.75) is 19.8 Å². The smallest absolute Gasteiger partial charge is 0.282 e. The summed E-state index contributed by atoms with van der Waals surface area (Å²) in [5.74, 6) is 0.139. The maximum Gasteiger partial charge on any atom is 0.282 e. The Bertz CT molecular complexity index is 977. The summed E-state index contributed by atoms with van der Waals surface area (Å²) in [5.41, 5.74) is 0.982. The number of phenolic OH excluding ortho intramolecular Hbond substituents is 2. The Labute approximate surface area is 138 Å². The van der Waals surface area contributed by atoms with E-state index in [1.54, 1.807) is 18.2 Å². The summed E-state index contributed by atoms with van der Waals surface area (Å²) >= 11 is 0. The predicted molar refractivity (Wildman–Crippen MR) is 92.8 cm³/mol. The van der Waals surface area contributed by atoms with Gasteiger partial charge in [0.15, 0.2) is 11.5 Å². The summed E-state index contributed by atoms with van der Waals surface area (Å²) in [5, 5.41) is 23.6. The highest BCUT2D eigenvalue weighted by atomic mass is 16.3. The second-order valence-electron chi connectivity index (χ2n) is 5.40. The van der Waals surface area contributed by atoms with Gasteiger partial charge in [-0.05, 0) is 42.3 Å². The van der Waals surface area contributed by atoms with Crippen molar-refractivity contribution in [3.63, 3.8) is 0 Å². The van der Waals surface area contributed by atoms with Crippen LogP contribution < -0.4 is 5.56 Å². The van der Waals surface area contributed by atoms with Gasteiger partial charge in [-0.3, -0.25) is 4.79 Å². The average Bonchev–Trinajstić information content (AvgIpc) is 2.58. The average molecular weight is 323 g/mol. The topological polar surface area (TPSA) is 87.7 Å². The largest absolute Gasteiger partial charge is 0.504 e. The summed E-state index contributed by atoms with van der Waals surface area (Å²) < 4.78 is 1.29. The Kier molecular flexibility index (Phi) is 4.29. The van der Waals surface area contributed by atoms with Gasteiger partial charge >= 0.3 is 0 Å². The maximum absolute atomic E-state index is 12.7. The van der Waals surface area contributed by atoms with Crippen molar-refractivity contribution in [3.05, 3.63) is 64.2 Å². The van der Waals surface area contributed by atoms with Crippen LogP contribution in [0.4, 0.5) is 0 Å². The number of hydrogen-bond donors (Lipinski definition) is 2. The van der Waals surface area contributed by atoms with Crippen molar-refractivity contribution in [3.8, 4) is 11.5 Å². The number of phenols is 2. The molecule has 0 radical (unpaired) electrons. The van der Waals surface area contributed by atoms with Gasteiger partial charge in [-0.2, -0.15) is 9.78 Å². The van der Waals surface area contributed by atoms with Crippen LogP contribution in [0.1, 0.15) is 24.7 Å². The number of rotatable bonds is 4. The third-order valence-corrected chi connectivity index (χ3v) is 3.62. The molecule has 0 aliphatic heterocycles. The zero-order valence-electron chi connectivity index (χ0n) is 13.2. The molecule has 1 aromatic heterocycles. The van der Waals surface area contributed by atoms with E-state index in [1.807, 2.05) is 19.1 Å². The maximum atomic E-state index is 12.7. The highest BCUT2D eigenvalue weighted by molar-refractivity contribution is 5.81. The van der Waals surface area contributed by atoms with Crippen molar-refractivity contribution < 1.29 is 10.2 Å². The van der Waals surface area contributed by atoms with Gasteiger partial charge in [0.25, 0.3) is 5.56 Å². The normalized spacial score (nSPS) is 11.4. The molecule has 0 aliphatic carbocycles. The van der Waals surface area contributed by atoms with E-state index in [4.69, 9.17) is 0 Å². The second kappa shape index (κ2) is 6.54. The molecule has 0 saturated heterocycles. The molecule has 0 unspecified atom stereocenters. The quantitative estimate of drug-likeness (QED) is 0.571. The van der Waals surface area contributed by atoms with E-state index in [0.717, 1.165) is 6.42 Å². The number of benzene rings is 2. The van der Waals surface area contributed by atoms with Gasteiger partial charge < -0.3 is 10.2 Å². The first kappa shape index (κ1) is 15.7. The highest BCUT2D eigenvalue weighted by Crippen LogP contribution is 2.24. The summed E-state index contributed by atoms with van der Waals surface area (Å²) in [6.45, 7) is 2.01. The van der Waals surface area contributed by atoms with Crippen LogP contribution in [0.5, 0.6) is 11.5 Å². The molecular formula is C18H17N3O3. The molecule has 2 aromatic carbocycles. The van der Waals surface area contributed by atoms with Crippen molar-refractivity contribution in [1.82, 2.24) is 9.66 Å². The number of aromatic nitrogens is 2. The molecular weight excluding hydrogens is 306 g/mol. The molecule has 1 heterocycles. The summed E-state index contributed by atoms with van der Waals surface area (Å²) in [7, 11) is 0. The van der Waals surface area contributed by atoms with E-state index in [9.17, 15) is 15.0 Å². The SMILES string of the molecule is CCCc1nc2ccccc2c(=O)n1/N=C/c1ccc(O)c(O)c1. The fraction of sp³-hybridized carbons (Fsp3) is 0.167. The van der Waals surface area contributed by atoms with E-state index in [0.29, 0.717) is 28.7 Å². The molecule has 0 amide bonds. The molecule has 122 valence electrons. The standard InChI is InChI=1S/C18H17N3O3/c1-2-5-17-20-14-7-4-3-6-13(14)18(24)21(17)19-11-12-8-9-15(22)16(23)10-12/h3-4,6-11,22-23H,2,5H2,1H3/b19-11+. The lowest BCUT2D eigenvalue weighted by atomic mass is 10.2. The number of para-hydroxylation sites is 1. The number of hydrogen-bond acceptors (Lipinski definition) is 5. The zero-order chi connectivity index (χ0) is 17.1. The van der Waals surface area contributed by atoms with Crippen molar-refractivity contribution in [1.29, 1.82) is 0 Å². The monoisotopic (exact) mass is 323 g/mol. The molecule has 0 atom stereocenters. The third kappa shape index (κ3) is 2.99. The Morgan fingerprint density at radius 1 is 1.17 bits per heavy atom. The lowest BCUT2D eigenvalue weighted by Gasteiger charge is -2.08. The van der Waals surface area contributed by atoms with Crippen molar-refractivity contribution >= 4 is 17.1 Å². The molecule has 3 rings (SSSR count). The van der Waals surface area contributed by atoms with Gasteiger partial charge in [0, 0.05) is 6.42 Å². The minimum Gasteiger partial charge on any atom is -0.504 e. The van der Waals surface area contributed by atoms with Crippen molar-refractivity contribution in [2.75, 3.05) is 0 Å². The Morgan fingerprint density at radius 3 is 2.71 bits per heavy atom. The molecule has 0 spiro atoms. The minimum absolute atomic E-state index is 0.205. The van der Waals surface area contributed by atoms with E-state index < -0.39 is 0 Å². The Balaban J connectivity index is 2.11. The van der Waals surface area contributed by atoms with Crippen LogP contribution in [0.25, 0.3) is 10.9 Å². The molecule has 0 saturated carbocycles. The van der Waals surface area contributed by atoms with Crippen LogP contribution in [-0.2, 0) is 6.42 Å². The molecule has 6 nitrogen and oxygen atoms in total. The van der Waals surface area contributed by atoms with Crippen LogP contribution in [0, 0.1) is 0 Å².